The van der Waals surface area contributed by atoms with Crippen molar-refractivity contribution in [3.63, 3.8) is 0 Å². The van der Waals surface area contributed by atoms with Gasteiger partial charge in [0.05, 0.1) is 0 Å². The van der Waals surface area contributed by atoms with E-state index in [0.29, 0.717) is 6.04 Å². The Kier molecular flexibility index (Phi) is 7.21. The molecule has 0 bridgehead atoms. The first-order valence-electron chi connectivity index (χ1n) is 8.38. The Morgan fingerprint density at radius 2 is 2.00 bits per heavy atom. The topological polar surface area (TPSA) is 15.3 Å². The van der Waals surface area contributed by atoms with Crippen molar-refractivity contribution in [2.45, 2.75) is 45.1 Å². The predicted octanol–water partition coefficient (Wildman–Crippen LogP) is 4.61. The van der Waals surface area contributed by atoms with Gasteiger partial charge in [0.1, 0.15) is 0 Å². The normalized spacial score (nSPS) is 18.8. The Balaban J connectivity index is 1.81. The van der Waals surface area contributed by atoms with E-state index in [1.54, 1.807) is 0 Å². The zero-order valence-electron chi connectivity index (χ0n) is 13.4. The minimum Gasteiger partial charge on any atom is -0.313 e. The second-order valence-electron chi connectivity index (χ2n) is 6.23. The highest BCUT2D eigenvalue weighted by Crippen LogP contribution is 2.27. The lowest BCUT2D eigenvalue weighted by molar-refractivity contribution is 0.172. The van der Waals surface area contributed by atoms with Gasteiger partial charge in [0.2, 0.25) is 0 Å². The molecule has 1 aromatic carbocycles. The van der Waals surface area contributed by atoms with Crippen molar-refractivity contribution in [2.24, 2.45) is 5.92 Å². The third-order valence-corrected chi connectivity index (χ3v) is 5.49. The summed E-state index contributed by atoms with van der Waals surface area (Å²) >= 11 is 3.68. The van der Waals surface area contributed by atoms with Crippen molar-refractivity contribution >= 4 is 15.9 Å². The standard InChI is InChI=1S/C18H29BrN2/c1-3-6-15-9-12-21(13-10-15)14-11-18(20-2)16-7-4-5-8-17(16)19/h4-5,7-8,15,18,20H,3,6,9-14H2,1-2H3. The molecule has 1 atom stereocenters. The molecule has 21 heavy (non-hydrogen) atoms. The maximum atomic E-state index is 3.68. The average Bonchev–Trinajstić information content (AvgIpc) is 2.51. The smallest absolute Gasteiger partial charge is 0.0340 e. The predicted molar refractivity (Wildman–Crippen MR) is 94.6 cm³/mol. The summed E-state index contributed by atoms with van der Waals surface area (Å²) in [6, 6.07) is 9.00. The number of nitrogens with one attached hydrogen (secondary N) is 1. The zero-order valence-corrected chi connectivity index (χ0v) is 15.0. The number of rotatable bonds is 7. The maximum Gasteiger partial charge on any atom is 0.0340 e. The number of halogens is 1. The zero-order chi connectivity index (χ0) is 15.1. The third-order valence-electron chi connectivity index (χ3n) is 4.77. The molecular weight excluding hydrogens is 324 g/mol. The molecule has 0 spiro atoms. The highest BCUT2D eigenvalue weighted by atomic mass is 79.9. The first-order chi connectivity index (χ1) is 10.2. The number of nitrogens with zero attached hydrogens (tertiary/aromatic N) is 1. The Morgan fingerprint density at radius 1 is 1.29 bits per heavy atom. The SMILES string of the molecule is CCCC1CCN(CCC(NC)c2ccccc2Br)CC1. The Hall–Kier alpha value is -0.380. The monoisotopic (exact) mass is 352 g/mol. The summed E-state index contributed by atoms with van der Waals surface area (Å²) in [5, 5.41) is 3.47. The molecule has 0 aromatic heterocycles. The van der Waals surface area contributed by atoms with Crippen LogP contribution in [0.15, 0.2) is 28.7 Å². The second kappa shape index (κ2) is 8.92. The maximum absolute atomic E-state index is 3.68. The van der Waals surface area contributed by atoms with Crippen molar-refractivity contribution in [3.8, 4) is 0 Å². The van der Waals surface area contributed by atoms with Crippen molar-refractivity contribution in [3.05, 3.63) is 34.3 Å². The molecule has 0 amide bonds. The van der Waals surface area contributed by atoms with E-state index in [1.165, 1.54) is 61.8 Å². The van der Waals surface area contributed by atoms with Crippen molar-refractivity contribution < 1.29 is 0 Å². The quantitative estimate of drug-likeness (QED) is 0.770. The molecule has 1 unspecified atom stereocenters. The number of hydrogen-bond acceptors (Lipinski definition) is 2. The number of hydrogen-bond donors (Lipinski definition) is 1. The molecule has 3 heteroatoms. The van der Waals surface area contributed by atoms with Crippen molar-refractivity contribution in [2.75, 3.05) is 26.7 Å². The molecule has 1 aliphatic heterocycles. The van der Waals surface area contributed by atoms with Gasteiger partial charge in [-0.3, -0.25) is 0 Å². The largest absolute Gasteiger partial charge is 0.313 e. The molecule has 1 fully saturated rings. The van der Waals surface area contributed by atoms with Crippen LogP contribution >= 0.6 is 15.9 Å². The molecule has 118 valence electrons. The summed E-state index contributed by atoms with van der Waals surface area (Å²) in [5.74, 6) is 0.981. The minimum absolute atomic E-state index is 0.439. The Labute approximate surface area is 138 Å². The summed E-state index contributed by atoms with van der Waals surface area (Å²) in [6.07, 6.45) is 6.73. The first-order valence-corrected chi connectivity index (χ1v) is 9.18. The summed E-state index contributed by atoms with van der Waals surface area (Å²) in [7, 11) is 2.07. The van der Waals surface area contributed by atoms with Crippen LogP contribution in [0.5, 0.6) is 0 Å². The first kappa shape index (κ1) is 17.0. The van der Waals surface area contributed by atoms with Crippen molar-refractivity contribution in [1.29, 1.82) is 0 Å². The van der Waals surface area contributed by atoms with Gasteiger partial charge >= 0.3 is 0 Å². The molecule has 0 aliphatic carbocycles. The molecule has 0 radical (unpaired) electrons. The van der Waals surface area contributed by atoms with Crippen LogP contribution in [0.2, 0.25) is 0 Å². The van der Waals surface area contributed by atoms with Gasteiger partial charge in [0.25, 0.3) is 0 Å². The van der Waals surface area contributed by atoms with E-state index >= 15 is 0 Å². The van der Waals surface area contributed by atoms with E-state index in [2.05, 4.69) is 64.4 Å². The van der Waals surface area contributed by atoms with Crippen LogP contribution in [0.25, 0.3) is 0 Å². The van der Waals surface area contributed by atoms with Gasteiger partial charge in [-0.2, -0.15) is 0 Å². The van der Waals surface area contributed by atoms with E-state index in [4.69, 9.17) is 0 Å². The summed E-state index contributed by atoms with van der Waals surface area (Å²) in [5.41, 5.74) is 1.38. The van der Waals surface area contributed by atoms with Gasteiger partial charge in [0.15, 0.2) is 0 Å². The summed E-state index contributed by atoms with van der Waals surface area (Å²) in [4.78, 5) is 2.65. The van der Waals surface area contributed by atoms with Crippen LogP contribution in [-0.2, 0) is 0 Å². The Morgan fingerprint density at radius 3 is 2.62 bits per heavy atom. The molecule has 2 rings (SSSR count). The third kappa shape index (κ3) is 5.08. The van der Waals surface area contributed by atoms with Crippen LogP contribution in [0.4, 0.5) is 0 Å². The number of benzene rings is 1. The highest BCUT2D eigenvalue weighted by Gasteiger charge is 2.20. The van der Waals surface area contributed by atoms with Gasteiger partial charge in [-0.25, -0.2) is 0 Å². The van der Waals surface area contributed by atoms with Gasteiger partial charge in [-0.1, -0.05) is 53.9 Å². The van der Waals surface area contributed by atoms with Crippen LogP contribution in [0.1, 0.15) is 50.6 Å². The second-order valence-corrected chi connectivity index (χ2v) is 7.08. The van der Waals surface area contributed by atoms with E-state index in [1.807, 2.05) is 0 Å². The number of likely N-dealkylation sites (tertiary alicyclic amines) is 1. The lowest BCUT2D eigenvalue weighted by Crippen LogP contribution is -2.35. The molecule has 1 N–H and O–H groups in total. The number of piperidine rings is 1. The van der Waals surface area contributed by atoms with E-state index in [9.17, 15) is 0 Å². The van der Waals surface area contributed by atoms with E-state index in [-0.39, 0.29) is 0 Å². The molecule has 1 saturated heterocycles. The van der Waals surface area contributed by atoms with E-state index < -0.39 is 0 Å². The average molecular weight is 353 g/mol. The van der Waals surface area contributed by atoms with Gasteiger partial charge < -0.3 is 10.2 Å². The van der Waals surface area contributed by atoms with Gasteiger partial charge in [-0.15, -0.1) is 0 Å². The summed E-state index contributed by atoms with van der Waals surface area (Å²) in [6.45, 7) is 6.08. The molecule has 2 nitrogen and oxygen atoms in total. The molecule has 0 saturated carbocycles. The fourth-order valence-corrected chi connectivity index (χ4v) is 3.99. The van der Waals surface area contributed by atoms with Crippen LogP contribution < -0.4 is 5.32 Å². The lowest BCUT2D eigenvalue weighted by atomic mass is 9.92. The highest BCUT2D eigenvalue weighted by molar-refractivity contribution is 9.10. The molecular formula is C18H29BrN2. The van der Waals surface area contributed by atoms with Crippen LogP contribution in [0.3, 0.4) is 0 Å². The van der Waals surface area contributed by atoms with Gasteiger partial charge in [0, 0.05) is 10.5 Å². The van der Waals surface area contributed by atoms with E-state index in [0.717, 1.165) is 5.92 Å². The lowest BCUT2D eigenvalue weighted by Gasteiger charge is -2.33. The fraction of sp³-hybridized carbons (Fsp3) is 0.667. The minimum atomic E-state index is 0.439. The van der Waals surface area contributed by atoms with Crippen molar-refractivity contribution in [1.82, 2.24) is 10.2 Å². The van der Waals surface area contributed by atoms with Gasteiger partial charge in [-0.05, 0) is 63.5 Å². The molecule has 1 heterocycles. The van der Waals surface area contributed by atoms with Crippen LogP contribution in [0, 0.1) is 5.92 Å². The van der Waals surface area contributed by atoms with Crippen LogP contribution in [-0.4, -0.2) is 31.6 Å². The summed E-state index contributed by atoms with van der Waals surface area (Å²) < 4.78 is 1.21. The fourth-order valence-electron chi connectivity index (χ4n) is 3.43. The Bertz CT molecular complexity index is 413. The molecule has 1 aromatic rings. The molecule has 1 aliphatic rings.